The van der Waals surface area contributed by atoms with Crippen molar-refractivity contribution in [2.24, 2.45) is 0 Å². The standard InChI is InChI=1S/C26H29N3O4S/c1-21-6-5-9-23(18-21)27-34(31,32)25-12-10-24(11-13-25)33-20-26(30)29-16-14-28(15-17-29)19-22-7-3-2-4-8-22/h2-13,18,27H,14-17,19-20H2,1H3. The van der Waals surface area contributed by atoms with Crippen LogP contribution in [-0.2, 0) is 21.4 Å². The number of hydrogen-bond acceptors (Lipinski definition) is 5. The lowest BCUT2D eigenvalue weighted by molar-refractivity contribution is -0.135. The van der Waals surface area contributed by atoms with Gasteiger partial charge >= 0.3 is 0 Å². The molecule has 1 saturated heterocycles. The molecule has 1 amide bonds. The number of amides is 1. The van der Waals surface area contributed by atoms with Crippen LogP contribution in [0.2, 0.25) is 0 Å². The van der Waals surface area contributed by atoms with Crippen molar-refractivity contribution in [3.63, 3.8) is 0 Å². The third-order valence-electron chi connectivity index (χ3n) is 5.74. The molecule has 1 aliphatic heterocycles. The first-order valence-corrected chi connectivity index (χ1v) is 12.7. The first-order valence-electron chi connectivity index (χ1n) is 11.3. The summed E-state index contributed by atoms with van der Waals surface area (Å²) in [5, 5.41) is 0. The highest BCUT2D eigenvalue weighted by Crippen LogP contribution is 2.20. The number of piperazine rings is 1. The first kappa shape index (κ1) is 23.8. The average molecular weight is 480 g/mol. The van der Waals surface area contributed by atoms with E-state index in [2.05, 4.69) is 21.8 Å². The number of rotatable bonds is 8. The molecule has 1 heterocycles. The van der Waals surface area contributed by atoms with Gasteiger partial charge in [-0.25, -0.2) is 8.42 Å². The first-order chi connectivity index (χ1) is 16.4. The second kappa shape index (κ2) is 10.7. The van der Waals surface area contributed by atoms with Gasteiger partial charge in [-0.15, -0.1) is 0 Å². The van der Waals surface area contributed by atoms with Gasteiger partial charge in [0.25, 0.3) is 15.9 Å². The normalized spacial score (nSPS) is 14.6. The fraction of sp³-hybridized carbons (Fsp3) is 0.269. The third-order valence-corrected chi connectivity index (χ3v) is 7.14. The molecule has 4 rings (SSSR count). The Morgan fingerprint density at radius 2 is 1.62 bits per heavy atom. The van der Waals surface area contributed by atoms with Gasteiger partial charge in [0, 0.05) is 38.4 Å². The van der Waals surface area contributed by atoms with Crippen LogP contribution in [0.5, 0.6) is 5.75 Å². The molecule has 8 heteroatoms. The van der Waals surface area contributed by atoms with Crippen LogP contribution in [0.15, 0.2) is 83.8 Å². The zero-order valence-electron chi connectivity index (χ0n) is 19.2. The molecule has 0 saturated carbocycles. The van der Waals surface area contributed by atoms with Gasteiger partial charge in [0.15, 0.2) is 6.61 Å². The SMILES string of the molecule is Cc1cccc(NS(=O)(=O)c2ccc(OCC(=O)N3CCN(Cc4ccccc4)CC3)cc2)c1. The molecule has 178 valence electrons. The minimum atomic E-state index is -3.71. The van der Waals surface area contributed by atoms with E-state index in [0.717, 1.165) is 25.2 Å². The molecule has 3 aromatic rings. The summed E-state index contributed by atoms with van der Waals surface area (Å²) < 4.78 is 33.4. The van der Waals surface area contributed by atoms with Crippen molar-refractivity contribution in [3.05, 3.63) is 90.0 Å². The summed E-state index contributed by atoms with van der Waals surface area (Å²) in [7, 11) is -3.71. The Labute approximate surface area is 201 Å². The maximum absolute atomic E-state index is 12.6. The van der Waals surface area contributed by atoms with Gasteiger partial charge in [-0.2, -0.15) is 0 Å². The molecule has 3 aromatic carbocycles. The average Bonchev–Trinajstić information content (AvgIpc) is 2.84. The van der Waals surface area contributed by atoms with Gasteiger partial charge in [-0.1, -0.05) is 42.5 Å². The number of carbonyl (C=O) groups excluding carboxylic acids is 1. The van der Waals surface area contributed by atoms with Crippen molar-refractivity contribution in [2.75, 3.05) is 37.5 Å². The minimum absolute atomic E-state index is 0.0721. The highest BCUT2D eigenvalue weighted by atomic mass is 32.2. The summed E-state index contributed by atoms with van der Waals surface area (Å²) >= 11 is 0. The summed E-state index contributed by atoms with van der Waals surface area (Å²) in [6.07, 6.45) is 0. The van der Waals surface area contributed by atoms with Crippen molar-refractivity contribution in [3.8, 4) is 5.75 Å². The lowest BCUT2D eigenvalue weighted by atomic mass is 10.2. The smallest absolute Gasteiger partial charge is 0.261 e. The van der Waals surface area contributed by atoms with E-state index in [0.29, 0.717) is 24.5 Å². The molecule has 0 bridgehead atoms. The second-order valence-corrected chi connectivity index (χ2v) is 10.1. The van der Waals surface area contributed by atoms with Crippen molar-refractivity contribution in [1.29, 1.82) is 0 Å². The van der Waals surface area contributed by atoms with E-state index in [-0.39, 0.29) is 17.4 Å². The van der Waals surface area contributed by atoms with Gasteiger partial charge in [-0.3, -0.25) is 14.4 Å². The molecule has 1 aliphatic rings. The minimum Gasteiger partial charge on any atom is -0.484 e. The van der Waals surface area contributed by atoms with Gasteiger partial charge in [0.1, 0.15) is 5.75 Å². The van der Waals surface area contributed by atoms with Gasteiger partial charge in [0.2, 0.25) is 0 Å². The molecule has 0 atom stereocenters. The van der Waals surface area contributed by atoms with E-state index in [4.69, 9.17) is 4.74 Å². The zero-order chi connectivity index (χ0) is 24.0. The molecule has 0 radical (unpaired) electrons. The largest absolute Gasteiger partial charge is 0.484 e. The highest BCUT2D eigenvalue weighted by Gasteiger charge is 2.21. The number of aryl methyl sites for hydroxylation is 1. The highest BCUT2D eigenvalue weighted by molar-refractivity contribution is 7.92. The van der Waals surface area contributed by atoms with Crippen LogP contribution in [0.1, 0.15) is 11.1 Å². The molecular formula is C26H29N3O4S. The summed E-state index contributed by atoms with van der Waals surface area (Å²) in [6.45, 7) is 5.67. The summed E-state index contributed by atoms with van der Waals surface area (Å²) in [5.41, 5.74) is 2.74. The van der Waals surface area contributed by atoms with Crippen LogP contribution in [0.25, 0.3) is 0 Å². The number of sulfonamides is 1. The quantitative estimate of drug-likeness (QED) is 0.535. The molecule has 0 aromatic heterocycles. The van der Waals surface area contributed by atoms with Crippen LogP contribution < -0.4 is 9.46 Å². The number of benzene rings is 3. The number of ether oxygens (including phenoxy) is 1. The van der Waals surface area contributed by atoms with Crippen molar-refractivity contribution < 1.29 is 17.9 Å². The maximum atomic E-state index is 12.6. The van der Waals surface area contributed by atoms with Gasteiger partial charge < -0.3 is 9.64 Å². The van der Waals surface area contributed by atoms with Crippen LogP contribution in [-0.4, -0.2) is 56.9 Å². The van der Waals surface area contributed by atoms with Crippen molar-refractivity contribution in [2.45, 2.75) is 18.4 Å². The van der Waals surface area contributed by atoms with Gasteiger partial charge in [0.05, 0.1) is 4.90 Å². The predicted molar refractivity (Wildman–Crippen MR) is 132 cm³/mol. The third kappa shape index (κ3) is 6.36. The Bertz CT molecular complexity index is 1210. The van der Waals surface area contributed by atoms with E-state index in [9.17, 15) is 13.2 Å². The fourth-order valence-corrected chi connectivity index (χ4v) is 4.92. The Morgan fingerprint density at radius 1 is 0.912 bits per heavy atom. The molecule has 0 aliphatic carbocycles. The van der Waals surface area contributed by atoms with Crippen molar-refractivity contribution >= 4 is 21.6 Å². The molecule has 34 heavy (non-hydrogen) atoms. The summed E-state index contributed by atoms with van der Waals surface area (Å²) in [4.78, 5) is 16.8. The van der Waals surface area contributed by atoms with E-state index in [1.54, 1.807) is 30.3 Å². The molecular weight excluding hydrogens is 450 g/mol. The Morgan fingerprint density at radius 3 is 2.29 bits per heavy atom. The Kier molecular flexibility index (Phi) is 7.49. The number of carbonyl (C=O) groups is 1. The zero-order valence-corrected chi connectivity index (χ0v) is 20.0. The van der Waals surface area contributed by atoms with E-state index in [1.807, 2.05) is 36.1 Å². The van der Waals surface area contributed by atoms with Crippen LogP contribution in [0.3, 0.4) is 0 Å². The molecule has 0 unspecified atom stereocenters. The maximum Gasteiger partial charge on any atom is 0.261 e. The predicted octanol–water partition coefficient (Wildman–Crippen LogP) is 3.52. The number of nitrogens with one attached hydrogen (secondary N) is 1. The van der Waals surface area contributed by atoms with Crippen LogP contribution in [0, 0.1) is 6.92 Å². The van der Waals surface area contributed by atoms with Crippen LogP contribution in [0.4, 0.5) is 5.69 Å². The second-order valence-electron chi connectivity index (χ2n) is 8.38. The summed E-state index contributed by atoms with van der Waals surface area (Å²) in [6, 6.07) is 23.5. The summed E-state index contributed by atoms with van der Waals surface area (Å²) in [5.74, 6) is 0.378. The number of hydrogen-bond donors (Lipinski definition) is 1. The number of anilines is 1. The van der Waals surface area contributed by atoms with Gasteiger partial charge in [-0.05, 0) is 54.4 Å². The van der Waals surface area contributed by atoms with Crippen LogP contribution >= 0.6 is 0 Å². The lowest BCUT2D eigenvalue weighted by Crippen LogP contribution is -2.49. The molecule has 1 N–H and O–H groups in total. The fourth-order valence-electron chi connectivity index (χ4n) is 3.87. The molecule has 7 nitrogen and oxygen atoms in total. The monoisotopic (exact) mass is 479 g/mol. The van der Waals surface area contributed by atoms with Crippen molar-refractivity contribution in [1.82, 2.24) is 9.80 Å². The van der Waals surface area contributed by atoms with E-state index >= 15 is 0 Å². The number of nitrogens with zero attached hydrogens (tertiary/aromatic N) is 2. The lowest BCUT2D eigenvalue weighted by Gasteiger charge is -2.34. The Hall–Kier alpha value is -3.36. The topological polar surface area (TPSA) is 78.9 Å². The van der Waals surface area contributed by atoms with E-state index < -0.39 is 10.0 Å². The molecule has 1 fully saturated rings. The van der Waals surface area contributed by atoms with E-state index in [1.165, 1.54) is 17.7 Å². The Balaban J connectivity index is 1.25. The molecule has 0 spiro atoms.